The SMILES string of the molecule is O=C(CCN1C(=O)c2ccc(Br)cc2C1=O)Nc1ccn(Cc2ccccn2)n1. The Kier molecular flexibility index (Phi) is 5.22. The summed E-state index contributed by atoms with van der Waals surface area (Å²) < 4.78 is 2.39. The van der Waals surface area contributed by atoms with Gasteiger partial charge in [0.25, 0.3) is 11.8 Å². The van der Waals surface area contributed by atoms with Gasteiger partial charge >= 0.3 is 0 Å². The van der Waals surface area contributed by atoms with Crippen LogP contribution in [0.25, 0.3) is 0 Å². The summed E-state index contributed by atoms with van der Waals surface area (Å²) >= 11 is 3.30. The molecule has 146 valence electrons. The molecule has 0 saturated carbocycles. The maximum Gasteiger partial charge on any atom is 0.261 e. The number of imide groups is 1. The maximum atomic E-state index is 12.4. The van der Waals surface area contributed by atoms with Crippen molar-refractivity contribution < 1.29 is 14.4 Å². The summed E-state index contributed by atoms with van der Waals surface area (Å²) in [4.78, 5) is 42.4. The van der Waals surface area contributed by atoms with Gasteiger partial charge in [0.2, 0.25) is 5.91 Å². The van der Waals surface area contributed by atoms with E-state index >= 15 is 0 Å². The second-order valence-corrected chi connectivity index (χ2v) is 7.39. The Bertz CT molecular complexity index is 1100. The number of fused-ring (bicyclic) bond motifs is 1. The van der Waals surface area contributed by atoms with Crippen LogP contribution in [0.3, 0.4) is 0 Å². The number of carbonyl (C=O) groups is 3. The molecule has 0 saturated heterocycles. The van der Waals surface area contributed by atoms with E-state index in [1.807, 2.05) is 18.2 Å². The van der Waals surface area contributed by atoms with Gasteiger partial charge in [0, 0.05) is 35.9 Å². The number of hydrogen-bond donors (Lipinski definition) is 1. The molecule has 0 atom stereocenters. The molecule has 0 unspecified atom stereocenters. The van der Waals surface area contributed by atoms with Crippen LogP contribution in [0.15, 0.2) is 59.3 Å². The summed E-state index contributed by atoms with van der Waals surface area (Å²) in [6.45, 7) is 0.492. The van der Waals surface area contributed by atoms with Crippen LogP contribution in [0, 0.1) is 0 Å². The van der Waals surface area contributed by atoms with Crippen LogP contribution in [0.1, 0.15) is 32.8 Å². The van der Waals surface area contributed by atoms with Crippen molar-refractivity contribution >= 4 is 39.5 Å². The molecule has 29 heavy (non-hydrogen) atoms. The lowest BCUT2D eigenvalue weighted by atomic mass is 10.1. The van der Waals surface area contributed by atoms with Crippen LogP contribution in [-0.2, 0) is 11.3 Å². The third-order valence-electron chi connectivity index (χ3n) is 4.45. The fourth-order valence-corrected chi connectivity index (χ4v) is 3.42. The predicted octanol–water partition coefficient (Wildman–Crippen LogP) is 2.71. The number of carbonyl (C=O) groups excluding carboxylic acids is 3. The molecule has 2 aromatic heterocycles. The van der Waals surface area contributed by atoms with Crippen molar-refractivity contribution in [1.29, 1.82) is 0 Å². The van der Waals surface area contributed by atoms with E-state index in [2.05, 4.69) is 31.3 Å². The molecule has 1 aliphatic heterocycles. The van der Waals surface area contributed by atoms with E-state index in [0.717, 1.165) is 15.1 Å². The zero-order chi connectivity index (χ0) is 20.4. The number of hydrogen-bond acceptors (Lipinski definition) is 5. The molecular formula is C20H16BrN5O3. The number of amides is 3. The first-order valence-electron chi connectivity index (χ1n) is 8.90. The van der Waals surface area contributed by atoms with Crippen molar-refractivity contribution in [3.63, 3.8) is 0 Å². The Morgan fingerprint density at radius 1 is 1.07 bits per heavy atom. The van der Waals surface area contributed by atoms with Gasteiger partial charge in [0.15, 0.2) is 5.82 Å². The zero-order valence-electron chi connectivity index (χ0n) is 15.2. The fourth-order valence-electron chi connectivity index (χ4n) is 3.06. The molecule has 8 nitrogen and oxygen atoms in total. The fraction of sp³-hybridized carbons (Fsp3) is 0.150. The lowest BCUT2D eigenvalue weighted by Crippen LogP contribution is -2.32. The summed E-state index contributed by atoms with van der Waals surface area (Å²) in [5.41, 5.74) is 1.55. The van der Waals surface area contributed by atoms with E-state index in [4.69, 9.17) is 0 Å². The molecule has 3 heterocycles. The Labute approximate surface area is 174 Å². The molecule has 0 bridgehead atoms. The minimum atomic E-state index is -0.390. The molecule has 1 N–H and O–H groups in total. The van der Waals surface area contributed by atoms with Crippen LogP contribution >= 0.6 is 15.9 Å². The maximum absolute atomic E-state index is 12.4. The van der Waals surface area contributed by atoms with Gasteiger partial charge in [-0.15, -0.1) is 0 Å². The summed E-state index contributed by atoms with van der Waals surface area (Å²) in [7, 11) is 0. The standard InChI is InChI=1S/C20H16BrN5O3/c21-13-4-5-15-16(11-13)20(29)26(19(15)28)10-7-18(27)23-17-6-9-25(24-17)12-14-3-1-2-8-22-14/h1-6,8-9,11H,7,10,12H2,(H,23,24,27). The van der Waals surface area contributed by atoms with Gasteiger partial charge in [0.1, 0.15) is 0 Å². The second-order valence-electron chi connectivity index (χ2n) is 6.47. The third-order valence-corrected chi connectivity index (χ3v) is 4.95. The number of aromatic nitrogens is 3. The van der Waals surface area contributed by atoms with Gasteiger partial charge < -0.3 is 5.32 Å². The van der Waals surface area contributed by atoms with E-state index in [0.29, 0.717) is 23.5 Å². The molecular weight excluding hydrogens is 438 g/mol. The topological polar surface area (TPSA) is 97.2 Å². The number of nitrogens with one attached hydrogen (secondary N) is 1. The molecule has 0 spiro atoms. The molecule has 9 heteroatoms. The molecule has 0 fully saturated rings. The molecule has 1 aromatic carbocycles. The summed E-state index contributed by atoms with van der Waals surface area (Å²) in [6.07, 6.45) is 3.44. The monoisotopic (exact) mass is 453 g/mol. The van der Waals surface area contributed by atoms with Crippen molar-refractivity contribution in [1.82, 2.24) is 19.7 Å². The average molecular weight is 454 g/mol. The average Bonchev–Trinajstić information content (AvgIpc) is 3.23. The number of nitrogens with zero attached hydrogens (tertiary/aromatic N) is 4. The highest BCUT2D eigenvalue weighted by Gasteiger charge is 2.35. The van der Waals surface area contributed by atoms with Crippen molar-refractivity contribution in [3.05, 3.63) is 76.2 Å². The lowest BCUT2D eigenvalue weighted by Gasteiger charge is -2.13. The van der Waals surface area contributed by atoms with Gasteiger partial charge in [-0.2, -0.15) is 5.10 Å². The number of pyridine rings is 1. The first-order valence-corrected chi connectivity index (χ1v) is 9.69. The molecule has 1 aliphatic rings. The van der Waals surface area contributed by atoms with E-state index in [1.165, 1.54) is 0 Å². The number of halogens is 1. The molecule has 0 radical (unpaired) electrons. The van der Waals surface area contributed by atoms with Gasteiger partial charge in [0.05, 0.1) is 23.4 Å². The Hall–Kier alpha value is -3.33. The van der Waals surface area contributed by atoms with Gasteiger partial charge in [-0.1, -0.05) is 22.0 Å². The largest absolute Gasteiger partial charge is 0.309 e. The van der Waals surface area contributed by atoms with Gasteiger partial charge in [-0.05, 0) is 30.3 Å². The Morgan fingerprint density at radius 2 is 1.90 bits per heavy atom. The highest BCUT2D eigenvalue weighted by molar-refractivity contribution is 9.10. The smallest absolute Gasteiger partial charge is 0.261 e. The first-order chi connectivity index (χ1) is 14.0. The third kappa shape index (κ3) is 4.09. The molecule has 3 aromatic rings. The lowest BCUT2D eigenvalue weighted by molar-refractivity contribution is -0.116. The summed E-state index contributed by atoms with van der Waals surface area (Å²) in [6, 6.07) is 12.2. The van der Waals surface area contributed by atoms with Gasteiger partial charge in [-0.25, -0.2) is 0 Å². The normalized spacial score (nSPS) is 12.9. The zero-order valence-corrected chi connectivity index (χ0v) is 16.8. The molecule has 3 amide bonds. The first kappa shape index (κ1) is 19.0. The highest BCUT2D eigenvalue weighted by Crippen LogP contribution is 2.26. The highest BCUT2D eigenvalue weighted by atomic mass is 79.9. The predicted molar refractivity (Wildman–Crippen MR) is 108 cm³/mol. The van der Waals surface area contributed by atoms with E-state index < -0.39 is 5.91 Å². The molecule has 4 rings (SSSR count). The minimum Gasteiger partial charge on any atom is -0.309 e. The van der Waals surface area contributed by atoms with Crippen LogP contribution in [0.4, 0.5) is 5.82 Å². The molecule has 0 aliphatic carbocycles. The number of anilines is 1. The van der Waals surface area contributed by atoms with E-state index in [-0.39, 0.29) is 24.8 Å². The number of rotatable bonds is 6. The van der Waals surface area contributed by atoms with Crippen LogP contribution < -0.4 is 5.32 Å². The van der Waals surface area contributed by atoms with Gasteiger partial charge in [-0.3, -0.25) is 28.9 Å². The summed E-state index contributed by atoms with van der Waals surface area (Å²) in [5, 5.41) is 6.97. The van der Waals surface area contributed by atoms with E-state index in [1.54, 1.807) is 41.3 Å². The van der Waals surface area contributed by atoms with Crippen molar-refractivity contribution in [2.75, 3.05) is 11.9 Å². The van der Waals surface area contributed by atoms with Crippen molar-refractivity contribution in [2.45, 2.75) is 13.0 Å². The quantitative estimate of drug-likeness (QED) is 0.578. The van der Waals surface area contributed by atoms with E-state index in [9.17, 15) is 14.4 Å². The number of benzene rings is 1. The summed E-state index contributed by atoms with van der Waals surface area (Å²) in [5.74, 6) is -0.702. The Morgan fingerprint density at radius 3 is 2.69 bits per heavy atom. The second kappa shape index (κ2) is 7.96. The van der Waals surface area contributed by atoms with Crippen LogP contribution in [-0.4, -0.2) is 43.9 Å². The Balaban J connectivity index is 1.33. The van der Waals surface area contributed by atoms with Crippen LogP contribution in [0.5, 0.6) is 0 Å². The minimum absolute atomic E-state index is 0.00441. The van der Waals surface area contributed by atoms with Crippen molar-refractivity contribution in [2.24, 2.45) is 0 Å². The van der Waals surface area contributed by atoms with Crippen molar-refractivity contribution in [3.8, 4) is 0 Å². The van der Waals surface area contributed by atoms with Crippen LogP contribution in [0.2, 0.25) is 0 Å².